The molecule has 0 spiro atoms. The lowest BCUT2D eigenvalue weighted by Gasteiger charge is -2.27. The van der Waals surface area contributed by atoms with Gasteiger partial charge in [-0.25, -0.2) is 14.4 Å². The van der Waals surface area contributed by atoms with E-state index in [0.717, 1.165) is 13.8 Å². The maximum Gasteiger partial charge on any atom is 0.352 e. The minimum atomic E-state index is -2.26. The van der Waals surface area contributed by atoms with E-state index in [1.165, 1.54) is 20.8 Å². The lowest BCUT2D eigenvalue weighted by molar-refractivity contribution is -0.196. The van der Waals surface area contributed by atoms with Crippen molar-refractivity contribution in [3.63, 3.8) is 0 Å². The van der Waals surface area contributed by atoms with Gasteiger partial charge >= 0.3 is 35.8 Å². The molecule has 0 fully saturated rings. The van der Waals surface area contributed by atoms with Gasteiger partial charge in [-0.3, -0.25) is 14.4 Å². The number of carboxylic acids is 1. The first-order chi connectivity index (χ1) is 14.3. The number of carboxylic acid groups (broad SMARTS) is 1. The Balaban J connectivity index is 5.90. The second-order valence-corrected chi connectivity index (χ2v) is 8.65. The molecule has 0 aromatic rings. The molecule has 182 valence electrons. The SMILES string of the molecule is CC(=O)OC(C(=O)O)C(OC(C)=O)C(=O)OC(CC(=O)OC(C)(C)C)C(=O)OC(C)(C)C. The first-order valence-electron chi connectivity index (χ1n) is 9.55. The second kappa shape index (κ2) is 11.4. The molecule has 0 aliphatic heterocycles. The molecule has 0 amide bonds. The molecule has 0 saturated heterocycles. The van der Waals surface area contributed by atoms with Gasteiger partial charge in [0.05, 0.1) is 6.42 Å². The largest absolute Gasteiger partial charge is 0.478 e. The van der Waals surface area contributed by atoms with Crippen molar-refractivity contribution >= 4 is 35.8 Å². The molecular formula is C20H30O12. The number of hydrogen-bond donors (Lipinski definition) is 1. The molecular weight excluding hydrogens is 432 g/mol. The van der Waals surface area contributed by atoms with E-state index in [-0.39, 0.29) is 0 Å². The Hall–Kier alpha value is -3.18. The van der Waals surface area contributed by atoms with Crippen molar-refractivity contribution in [1.82, 2.24) is 0 Å². The number of carbonyl (C=O) groups is 6. The summed E-state index contributed by atoms with van der Waals surface area (Å²) in [5.74, 6) is -7.58. The number of aliphatic carboxylic acids is 1. The number of hydrogen-bond acceptors (Lipinski definition) is 11. The predicted octanol–water partition coefficient (Wildman–Crippen LogP) is 0.920. The van der Waals surface area contributed by atoms with Gasteiger partial charge in [-0.05, 0) is 41.5 Å². The monoisotopic (exact) mass is 462 g/mol. The summed E-state index contributed by atoms with van der Waals surface area (Å²) < 4.78 is 24.4. The molecule has 0 saturated carbocycles. The Morgan fingerprint density at radius 3 is 1.50 bits per heavy atom. The van der Waals surface area contributed by atoms with Gasteiger partial charge in [0, 0.05) is 13.8 Å². The van der Waals surface area contributed by atoms with Crippen LogP contribution in [-0.2, 0) is 52.5 Å². The number of carbonyl (C=O) groups excluding carboxylic acids is 5. The molecule has 3 unspecified atom stereocenters. The van der Waals surface area contributed by atoms with Crippen molar-refractivity contribution in [3.8, 4) is 0 Å². The summed E-state index contributed by atoms with van der Waals surface area (Å²) in [5, 5.41) is 9.28. The molecule has 32 heavy (non-hydrogen) atoms. The van der Waals surface area contributed by atoms with E-state index in [0.29, 0.717) is 0 Å². The van der Waals surface area contributed by atoms with Crippen LogP contribution in [0.25, 0.3) is 0 Å². The quantitative estimate of drug-likeness (QED) is 0.380. The van der Waals surface area contributed by atoms with Crippen molar-refractivity contribution in [1.29, 1.82) is 0 Å². The fraction of sp³-hybridized carbons (Fsp3) is 0.700. The third-order valence-electron chi connectivity index (χ3n) is 3.04. The molecule has 0 aliphatic rings. The van der Waals surface area contributed by atoms with Crippen molar-refractivity contribution in [2.24, 2.45) is 0 Å². The van der Waals surface area contributed by atoms with E-state index in [1.807, 2.05) is 0 Å². The highest BCUT2D eigenvalue weighted by atomic mass is 16.6. The maximum absolute atomic E-state index is 12.6. The molecule has 1 N–H and O–H groups in total. The summed E-state index contributed by atoms with van der Waals surface area (Å²) in [5.41, 5.74) is -1.93. The van der Waals surface area contributed by atoms with Crippen LogP contribution in [0.5, 0.6) is 0 Å². The summed E-state index contributed by atoms with van der Waals surface area (Å²) >= 11 is 0. The van der Waals surface area contributed by atoms with Gasteiger partial charge in [-0.1, -0.05) is 0 Å². The summed E-state index contributed by atoms with van der Waals surface area (Å²) in [4.78, 5) is 71.4. The maximum atomic E-state index is 12.6. The molecule has 12 heteroatoms. The van der Waals surface area contributed by atoms with Gasteiger partial charge in [0.2, 0.25) is 18.3 Å². The fourth-order valence-electron chi connectivity index (χ4n) is 2.12. The zero-order valence-corrected chi connectivity index (χ0v) is 19.4. The van der Waals surface area contributed by atoms with Crippen LogP contribution < -0.4 is 0 Å². The van der Waals surface area contributed by atoms with Gasteiger partial charge in [0.25, 0.3) is 0 Å². The first kappa shape index (κ1) is 28.8. The molecule has 12 nitrogen and oxygen atoms in total. The van der Waals surface area contributed by atoms with E-state index >= 15 is 0 Å². The first-order valence-corrected chi connectivity index (χ1v) is 9.55. The minimum absolute atomic E-state index is 0.768. The Bertz CT molecular complexity index is 741. The summed E-state index contributed by atoms with van der Waals surface area (Å²) in [6, 6.07) is 0. The van der Waals surface area contributed by atoms with Crippen molar-refractivity contribution in [2.75, 3.05) is 0 Å². The normalized spacial score (nSPS) is 14.2. The molecule has 0 heterocycles. The van der Waals surface area contributed by atoms with Gasteiger partial charge in [0.1, 0.15) is 11.2 Å². The van der Waals surface area contributed by atoms with Crippen molar-refractivity contribution < 1.29 is 57.6 Å². The van der Waals surface area contributed by atoms with E-state index in [2.05, 4.69) is 9.47 Å². The summed E-state index contributed by atoms with van der Waals surface area (Å²) in [6.45, 7) is 11.1. The number of rotatable bonds is 9. The van der Waals surface area contributed by atoms with E-state index in [9.17, 15) is 33.9 Å². The van der Waals surface area contributed by atoms with Crippen LogP contribution in [0.1, 0.15) is 61.8 Å². The van der Waals surface area contributed by atoms with Crippen LogP contribution in [-0.4, -0.2) is 70.4 Å². The van der Waals surface area contributed by atoms with Gasteiger partial charge in [-0.2, -0.15) is 0 Å². The Labute approximate surface area is 185 Å². The number of esters is 5. The molecule has 3 atom stereocenters. The molecule has 0 aromatic carbocycles. The highest BCUT2D eigenvalue weighted by Crippen LogP contribution is 2.17. The van der Waals surface area contributed by atoms with Crippen LogP contribution in [0.4, 0.5) is 0 Å². The van der Waals surface area contributed by atoms with Crippen molar-refractivity contribution in [2.45, 2.75) is 91.3 Å². The highest BCUT2D eigenvalue weighted by Gasteiger charge is 2.43. The number of ether oxygens (including phenoxy) is 5. The Kier molecular flexibility index (Phi) is 10.3. The van der Waals surface area contributed by atoms with Gasteiger partial charge < -0.3 is 28.8 Å². The second-order valence-electron chi connectivity index (χ2n) is 8.65. The smallest absolute Gasteiger partial charge is 0.352 e. The zero-order valence-electron chi connectivity index (χ0n) is 19.4. The van der Waals surface area contributed by atoms with E-state index in [4.69, 9.17) is 14.2 Å². The topological polar surface area (TPSA) is 169 Å². The standard InChI is InChI=1S/C20H30O12/c1-10(21)28-14(16(24)25)15(29-11(2)22)18(27)30-12(17(26)32-20(6,7)8)9-13(23)31-19(3,4)5/h12,14-15H,9H2,1-8H3,(H,24,25). The van der Waals surface area contributed by atoms with Crippen LogP contribution >= 0.6 is 0 Å². The molecule has 0 radical (unpaired) electrons. The highest BCUT2D eigenvalue weighted by molar-refractivity contribution is 5.90. The van der Waals surface area contributed by atoms with Gasteiger partial charge in [0.15, 0.2) is 0 Å². The van der Waals surface area contributed by atoms with Crippen molar-refractivity contribution in [3.05, 3.63) is 0 Å². The summed E-state index contributed by atoms with van der Waals surface area (Å²) in [6.07, 6.45) is -7.14. The average molecular weight is 462 g/mol. The third-order valence-corrected chi connectivity index (χ3v) is 3.04. The Morgan fingerprint density at radius 2 is 1.12 bits per heavy atom. The van der Waals surface area contributed by atoms with Crippen LogP contribution in [0.2, 0.25) is 0 Å². The Morgan fingerprint density at radius 1 is 0.688 bits per heavy atom. The van der Waals surface area contributed by atoms with Crippen LogP contribution in [0.15, 0.2) is 0 Å². The fourth-order valence-corrected chi connectivity index (χ4v) is 2.12. The van der Waals surface area contributed by atoms with E-state index < -0.39 is 71.8 Å². The van der Waals surface area contributed by atoms with Crippen LogP contribution in [0, 0.1) is 0 Å². The summed E-state index contributed by atoms with van der Waals surface area (Å²) in [7, 11) is 0. The van der Waals surface area contributed by atoms with Crippen LogP contribution in [0.3, 0.4) is 0 Å². The molecule has 0 rings (SSSR count). The lowest BCUT2D eigenvalue weighted by Crippen LogP contribution is -2.48. The minimum Gasteiger partial charge on any atom is -0.478 e. The average Bonchev–Trinajstić information content (AvgIpc) is 2.53. The van der Waals surface area contributed by atoms with Gasteiger partial charge in [-0.15, -0.1) is 0 Å². The van der Waals surface area contributed by atoms with E-state index in [1.54, 1.807) is 20.8 Å². The predicted molar refractivity (Wildman–Crippen MR) is 105 cm³/mol. The molecule has 0 aliphatic carbocycles. The zero-order chi connectivity index (χ0) is 25.4. The molecule has 0 bridgehead atoms. The third kappa shape index (κ3) is 11.9. The molecule has 0 aromatic heterocycles. The lowest BCUT2D eigenvalue weighted by atomic mass is 10.1.